The van der Waals surface area contributed by atoms with E-state index in [-0.39, 0.29) is 29.5 Å². The topological polar surface area (TPSA) is 76.0 Å². The summed E-state index contributed by atoms with van der Waals surface area (Å²) in [6.45, 7) is 5.74. The minimum absolute atomic E-state index is 0.0918. The van der Waals surface area contributed by atoms with Gasteiger partial charge in [0.15, 0.2) is 5.78 Å². The van der Waals surface area contributed by atoms with E-state index in [1.165, 1.54) is 7.11 Å². The van der Waals surface area contributed by atoms with Gasteiger partial charge in [0.25, 0.3) is 0 Å². The van der Waals surface area contributed by atoms with Gasteiger partial charge >= 0.3 is 5.97 Å². The second kappa shape index (κ2) is 6.68. The number of hydrogen-bond donors (Lipinski definition) is 1. The zero-order valence-corrected chi connectivity index (χ0v) is 12.7. The molecule has 0 aliphatic heterocycles. The molecule has 0 aromatic carbocycles. The summed E-state index contributed by atoms with van der Waals surface area (Å²) in [6.07, 6.45) is 2.02. The molecule has 0 heterocycles. The third kappa shape index (κ3) is 4.79. The lowest BCUT2D eigenvalue weighted by Crippen LogP contribution is -2.24. The number of ether oxygens (including phenoxy) is 1. The van der Waals surface area contributed by atoms with Crippen LogP contribution in [0.2, 0.25) is 0 Å². The highest BCUT2D eigenvalue weighted by atomic mass is 16.5. The Morgan fingerprint density at radius 1 is 1.30 bits per heavy atom. The number of aliphatic hydroxyl groups excluding tert-OH is 1. The number of hydrogen-bond acceptors (Lipinski definition) is 5. The van der Waals surface area contributed by atoms with Crippen molar-refractivity contribution in [2.75, 3.05) is 7.11 Å². The van der Waals surface area contributed by atoms with Gasteiger partial charge in [-0.2, -0.15) is 0 Å². The van der Waals surface area contributed by atoms with Crippen molar-refractivity contribution < 1.29 is 19.4 Å². The standard InChI is InChI=1S/C15H23NO4/c1-15(2,3)16-10(8-9-13(19)20-4)14-11(17)6-5-7-12(14)18/h17H,5-9H2,1-4H3. The van der Waals surface area contributed by atoms with Crippen LogP contribution in [-0.4, -0.2) is 35.2 Å². The Morgan fingerprint density at radius 3 is 2.45 bits per heavy atom. The van der Waals surface area contributed by atoms with Gasteiger partial charge in [-0.25, -0.2) is 0 Å². The molecule has 1 aliphatic rings. The maximum Gasteiger partial charge on any atom is 0.305 e. The lowest BCUT2D eigenvalue weighted by atomic mass is 9.90. The average Bonchev–Trinajstić information content (AvgIpc) is 2.33. The number of allylic oxidation sites excluding steroid dienone is 2. The smallest absolute Gasteiger partial charge is 0.305 e. The molecule has 0 fully saturated rings. The van der Waals surface area contributed by atoms with Crippen LogP contribution in [0, 0.1) is 0 Å². The van der Waals surface area contributed by atoms with E-state index in [2.05, 4.69) is 9.73 Å². The summed E-state index contributed by atoms with van der Waals surface area (Å²) < 4.78 is 4.61. The largest absolute Gasteiger partial charge is 0.511 e. The quantitative estimate of drug-likeness (QED) is 0.635. The monoisotopic (exact) mass is 281 g/mol. The van der Waals surface area contributed by atoms with Gasteiger partial charge < -0.3 is 9.84 Å². The first-order valence-electron chi connectivity index (χ1n) is 6.86. The zero-order chi connectivity index (χ0) is 15.3. The van der Waals surface area contributed by atoms with Crippen LogP contribution in [-0.2, 0) is 14.3 Å². The molecular formula is C15H23NO4. The Morgan fingerprint density at radius 2 is 1.95 bits per heavy atom. The number of nitrogens with zero attached hydrogens (tertiary/aromatic N) is 1. The first-order valence-corrected chi connectivity index (χ1v) is 6.86. The molecule has 1 N–H and O–H groups in total. The Bertz CT molecular complexity index is 455. The minimum Gasteiger partial charge on any atom is -0.511 e. The number of aliphatic hydroxyl groups is 1. The Balaban J connectivity index is 3.08. The molecule has 0 amide bonds. The van der Waals surface area contributed by atoms with E-state index in [4.69, 9.17) is 0 Å². The normalized spacial score (nSPS) is 17.4. The highest BCUT2D eigenvalue weighted by molar-refractivity contribution is 6.23. The highest BCUT2D eigenvalue weighted by Gasteiger charge is 2.26. The fourth-order valence-electron chi connectivity index (χ4n) is 2.12. The van der Waals surface area contributed by atoms with Gasteiger partial charge in [-0.05, 0) is 27.2 Å². The van der Waals surface area contributed by atoms with Gasteiger partial charge in [-0.15, -0.1) is 0 Å². The molecule has 0 unspecified atom stereocenters. The van der Waals surface area contributed by atoms with Crippen molar-refractivity contribution in [2.45, 2.75) is 58.4 Å². The molecule has 5 nitrogen and oxygen atoms in total. The predicted molar refractivity (Wildman–Crippen MR) is 77.0 cm³/mol. The molecule has 0 atom stereocenters. The molecule has 0 saturated heterocycles. The van der Waals surface area contributed by atoms with Crippen molar-refractivity contribution in [1.82, 2.24) is 0 Å². The summed E-state index contributed by atoms with van der Waals surface area (Å²) >= 11 is 0. The number of esters is 1. The Hall–Kier alpha value is -1.65. The molecule has 112 valence electrons. The van der Waals surface area contributed by atoms with Gasteiger partial charge in [0, 0.05) is 19.3 Å². The van der Waals surface area contributed by atoms with E-state index < -0.39 is 0 Å². The van der Waals surface area contributed by atoms with Crippen LogP contribution in [0.15, 0.2) is 16.3 Å². The summed E-state index contributed by atoms with van der Waals surface area (Å²) in [5, 5.41) is 9.99. The average molecular weight is 281 g/mol. The number of carbonyl (C=O) groups excluding carboxylic acids is 2. The van der Waals surface area contributed by atoms with Crippen LogP contribution in [0.4, 0.5) is 0 Å². The Kier molecular flexibility index (Phi) is 5.48. The molecule has 0 bridgehead atoms. The number of rotatable bonds is 4. The van der Waals surface area contributed by atoms with E-state index in [9.17, 15) is 14.7 Å². The third-order valence-corrected chi connectivity index (χ3v) is 2.94. The first kappa shape index (κ1) is 16.4. The maximum absolute atomic E-state index is 12.0. The van der Waals surface area contributed by atoms with E-state index >= 15 is 0 Å². The van der Waals surface area contributed by atoms with Crippen LogP contribution in [0.25, 0.3) is 0 Å². The zero-order valence-electron chi connectivity index (χ0n) is 12.7. The maximum atomic E-state index is 12.0. The van der Waals surface area contributed by atoms with Crippen molar-refractivity contribution in [2.24, 2.45) is 4.99 Å². The molecule has 1 aliphatic carbocycles. The number of Topliss-reactive ketones (excluding diaryl/α,β-unsaturated/α-hetero) is 1. The van der Waals surface area contributed by atoms with Gasteiger partial charge in [-0.1, -0.05) is 0 Å². The summed E-state index contributed by atoms with van der Waals surface area (Å²) in [5.41, 5.74) is 0.427. The van der Waals surface area contributed by atoms with Crippen molar-refractivity contribution >= 4 is 17.5 Å². The SMILES string of the molecule is COC(=O)CCC(=NC(C)(C)C)C1=C(O)CCCC1=O. The van der Waals surface area contributed by atoms with E-state index in [0.717, 1.165) is 0 Å². The third-order valence-electron chi connectivity index (χ3n) is 2.94. The molecule has 5 heteroatoms. The number of carbonyl (C=O) groups is 2. The van der Waals surface area contributed by atoms with Crippen LogP contribution in [0.5, 0.6) is 0 Å². The van der Waals surface area contributed by atoms with E-state index in [1.54, 1.807) is 0 Å². The lowest BCUT2D eigenvalue weighted by molar-refractivity contribution is -0.140. The molecule has 0 spiro atoms. The van der Waals surface area contributed by atoms with Crippen LogP contribution in [0.3, 0.4) is 0 Å². The molecule has 1 rings (SSSR count). The van der Waals surface area contributed by atoms with Crippen LogP contribution in [0.1, 0.15) is 52.9 Å². The second-order valence-electron chi connectivity index (χ2n) is 5.90. The molecular weight excluding hydrogens is 258 g/mol. The van der Waals surface area contributed by atoms with Crippen molar-refractivity contribution in [1.29, 1.82) is 0 Å². The van der Waals surface area contributed by atoms with Crippen molar-refractivity contribution in [3.63, 3.8) is 0 Å². The van der Waals surface area contributed by atoms with Gasteiger partial charge in [0.05, 0.1) is 30.4 Å². The molecule has 20 heavy (non-hydrogen) atoms. The molecule has 0 aromatic heterocycles. The molecule has 0 radical (unpaired) electrons. The Labute approximate surface area is 119 Å². The second-order valence-corrected chi connectivity index (χ2v) is 5.90. The number of methoxy groups -OCH3 is 1. The lowest BCUT2D eigenvalue weighted by Gasteiger charge is -2.21. The van der Waals surface area contributed by atoms with Crippen molar-refractivity contribution in [3.8, 4) is 0 Å². The van der Waals surface area contributed by atoms with Crippen molar-refractivity contribution in [3.05, 3.63) is 11.3 Å². The molecule has 0 saturated carbocycles. The highest BCUT2D eigenvalue weighted by Crippen LogP contribution is 2.24. The van der Waals surface area contributed by atoms with Crippen LogP contribution >= 0.6 is 0 Å². The summed E-state index contributed by atoms with van der Waals surface area (Å²) in [4.78, 5) is 27.8. The summed E-state index contributed by atoms with van der Waals surface area (Å²) in [5.74, 6) is -0.356. The molecule has 0 aromatic rings. The van der Waals surface area contributed by atoms with E-state index in [1.807, 2.05) is 20.8 Å². The minimum atomic E-state index is -0.379. The van der Waals surface area contributed by atoms with E-state index in [0.29, 0.717) is 37.0 Å². The number of aliphatic imine (C=N–C) groups is 1. The van der Waals surface area contributed by atoms with Gasteiger partial charge in [0.2, 0.25) is 0 Å². The van der Waals surface area contributed by atoms with Gasteiger partial charge in [0.1, 0.15) is 5.76 Å². The van der Waals surface area contributed by atoms with Crippen LogP contribution < -0.4 is 0 Å². The predicted octanol–water partition coefficient (Wildman–Crippen LogP) is 2.74. The number of ketones is 1. The first-order chi connectivity index (χ1) is 9.24. The fourth-order valence-corrected chi connectivity index (χ4v) is 2.12. The summed E-state index contributed by atoms with van der Waals surface area (Å²) in [7, 11) is 1.32. The fraction of sp³-hybridized carbons (Fsp3) is 0.667. The summed E-state index contributed by atoms with van der Waals surface area (Å²) in [6, 6.07) is 0. The van der Waals surface area contributed by atoms with Gasteiger partial charge in [-0.3, -0.25) is 14.6 Å².